The fraction of sp³-hybridized carbons (Fsp3) is 0.176. The largest absolute Gasteiger partial charge is 0.329 e. The number of rotatable bonds is 5. The molecule has 5 nitrogen and oxygen atoms in total. The highest BCUT2D eigenvalue weighted by Crippen LogP contribution is 2.15. The van der Waals surface area contributed by atoms with Gasteiger partial charge < -0.3 is 16.0 Å². The van der Waals surface area contributed by atoms with Crippen LogP contribution in [0, 0.1) is 5.82 Å². The Morgan fingerprint density at radius 2 is 1.83 bits per heavy atom. The van der Waals surface area contributed by atoms with Crippen molar-refractivity contribution in [1.82, 2.24) is 5.32 Å². The zero-order chi connectivity index (χ0) is 16.7. The van der Waals surface area contributed by atoms with Gasteiger partial charge in [0.15, 0.2) is 0 Å². The van der Waals surface area contributed by atoms with Gasteiger partial charge >= 0.3 is 6.03 Å². The van der Waals surface area contributed by atoms with Crippen molar-refractivity contribution in [1.29, 1.82) is 0 Å². The van der Waals surface area contributed by atoms with E-state index in [1.807, 2.05) is 25.1 Å². The fourth-order valence-electron chi connectivity index (χ4n) is 2.05. The summed E-state index contributed by atoms with van der Waals surface area (Å²) in [7, 11) is 0. The summed E-state index contributed by atoms with van der Waals surface area (Å²) in [6.07, 6.45) is 0.788. The molecule has 0 heterocycles. The molecule has 0 fully saturated rings. The Hall–Kier alpha value is -2.89. The Morgan fingerprint density at radius 1 is 1.04 bits per heavy atom. The van der Waals surface area contributed by atoms with Crippen molar-refractivity contribution in [3.8, 4) is 0 Å². The SMILES string of the molecule is CCc1ccccc1NC(=O)NCC(=O)Nc1cccc(F)c1. The van der Waals surface area contributed by atoms with Crippen molar-refractivity contribution < 1.29 is 14.0 Å². The second-order valence-electron chi connectivity index (χ2n) is 4.88. The van der Waals surface area contributed by atoms with Crippen LogP contribution in [0.2, 0.25) is 0 Å². The van der Waals surface area contributed by atoms with E-state index >= 15 is 0 Å². The third-order valence-electron chi connectivity index (χ3n) is 3.16. The lowest BCUT2D eigenvalue weighted by atomic mass is 10.1. The van der Waals surface area contributed by atoms with E-state index in [9.17, 15) is 14.0 Å². The molecule has 2 aromatic carbocycles. The molecule has 6 heteroatoms. The standard InChI is InChI=1S/C17H18FN3O2/c1-2-12-6-3-4-9-15(12)21-17(23)19-11-16(22)20-14-8-5-7-13(18)10-14/h3-10H,2,11H2,1H3,(H,20,22)(H2,19,21,23). The van der Waals surface area contributed by atoms with Crippen LogP contribution >= 0.6 is 0 Å². The van der Waals surface area contributed by atoms with Gasteiger partial charge in [0.25, 0.3) is 0 Å². The van der Waals surface area contributed by atoms with Gasteiger partial charge in [0.2, 0.25) is 5.91 Å². The first-order chi connectivity index (χ1) is 11.1. The lowest BCUT2D eigenvalue weighted by Gasteiger charge is -2.11. The number of halogens is 1. The molecule has 0 atom stereocenters. The average molecular weight is 315 g/mol. The molecule has 0 unspecified atom stereocenters. The first kappa shape index (κ1) is 16.5. The highest BCUT2D eigenvalue weighted by Gasteiger charge is 2.08. The minimum absolute atomic E-state index is 0.212. The number of hydrogen-bond acceptors (Lipinski definition) is 2. The number of anilines is 2. The van der Waals surface area contributed by atoms with Gasteiger partial charge in [-0.25, -0.2) is 9.18 Å². The molecule has 2 rings (SSSR count). The Kier molecular flexibility index (Phi) is 5.68. The number of amides is 3. The molecular formula is C17H18FN3O2. The molecule has 3 N–H and O–H groups in total. The van der Waals surface area contributed by atoms with Crippen molar-refractivity contribution in [3.05, 3.63) is 59.9 Å². The van der Waals surface area contributed by atoms with E-state index in [1.54, 1.807) is 12.1 Å². The van der Waals surface area contributed by atoms with Crippen molar-refractivity contribution in [2.24, 2.45) is 0 Å². The van der Waals surface area contributed by atoms with E-state index in [-0.39, 0.29) is 6.54 Å². The Labute approximate surface area is 133 Å². The van der Waals surface area contributed by atoms with E-state index in [4.69, 9.17) is 0 Å². The number of aryl methyl sites for hydroxylation is 1. The summed E-state index contributed by atoms with van der Waals surface area (Å²) < 4.78 is 13.0. The molecule has 0 bridgehead atoms. The zero-order valence-electron chi connectivity index (χ0n) is 12.7. The lowest BCUT2D eigenvalue weighted by Crippen LogP contribution is -2.36. The Morgan fingerprint density at radius 3 is 2.57 bits per heavy atom. The molecule has 0 saturated carbocycles. The van der Waals surface area contributed by atoms with Gasteiger partial charge in [0, 0.05) is 11.4 Å². The number of benzene rings is 2. The molecule has 0 saturated heterocycles. The smallest absolute Gasteiger partial charge is 0.319 e. The van der Waals surface area contributed by atoms with Gasteiger partial charge in [-0.15, -0.1) is 0 Å². The van der Waals surface area contributed by atoms with E-state index in [0.717, 1.165) is 12.0 Å². The molecule has 0 aliphatic rings. The maximum absolute atomic E-state index is 13.0. The predicted octanol–water partition coefficient (Wildman–Crippen LogP) is 3.15. The number of hydrogen-bond donors (Lipinski definition) is 3. The normalized spacial score (nSPS) is 10.0. The lowest BCUT2D eigenvalue weighted by molar-refractivity contribution is -0.115. The maximum atomic E-state index is 13.0. The van der Waals surface area contributed by atoms with Crippen LogP contribution in [-0.2, 0) is 11.2 Å². The fourth-order valence-corrected chi connectivity index (χ4v) is 2.05. The van der Waals surface area contributed by atoms with E-state index < -0.39 is 17.8 Å². The van der Waals surface area contributed by atoms with Crippen LogP contribution in [0.5, 0.6) is 0 Å². The van der Waals surface area contributed by atoms with E-state index in [2.05, 4.69) is 16.0 Å². The molecule has 23 heavy (non-hydrogen) atoms. The number of carbonyl (C=O) groups is 2. The summed E-state index contributed by atoms with van der Waals surface area (Å²) in [5.74, 6) is -0.876. The monoisotopic (exact) mass is 315 g/mol. The minimum atomic E-state index is -0.472. The Balaban J connectivity index is 1.83. The highest BCUT2D eigenvalue weighted by atomic mass is 19.1. The second-order valence-corrected chi connectivity index (χ2v) is 4.88. The summed E-state index contributed by atoms with van der Waals surface area (Å²) in [6, 6.07) is 12.5. The summed E-state index contributed by atoms with van der Waals surface area (Å²) >= 11 is 0. The number of carbonyl (C=O) groups excluding carboxylic acids is 2. The summed E-state index contributed by atoms with van der Waals surface area (Å²) in [5.41, 5.74) is 2.05. The molecule has 2 aromatic rings. The summed E-state index contributed by atoms with van der Waals surface area (Å²) in [6.45, 7) is 1.78. The van der Waals surface area contributed by atoms with Gasteiger partial charge in [-0.05, 0) is 36.2 Å². The van der Waals surface area contributed by atoms with Crippen LogP contribution in [0.1, 0.15) is 12.5 Å². The second kappa shape index (κ2) is 7.93. The molecule has 0 aliphatic carbocycles. The van der Waals surface area contributed by atoms with E-state index in [0.29, 0.717) is 11.4 Å². The first-order valence-electron chi connectivity index (χ1n) is 7.26. The molecule has 0 aliphatic heterocycles. The molecule has 120 valence electrons. The zero-order valence-corrected chi connectivity index (χ0v) is 12.7. The van der Waals surface area contributed by atoms with Crippen LogP contribution in [0.3, 0.4) is 0 Å². The first-order valence-corrected chi connectivity index (χ1v) is 7.26. The third kappa shape index (κ3) is 5.10. The number of para-hydroxylation sites is 1. The van der Waals surface area contributed by atoms with Crippen molar-refractivity contribution >= 4 is 23.3 Å². The third-order valence-corrected chi connectivity index (χ3v) is 3.16. The Bertz CT molecular complexity index is 704. The van der Waals surface area contributed by atoms with Gasteiger partial charge in [0.1, 0.15) is 5.82 Å². The number of nitrogens with one attached hydrogen (secondary N) is 3. The highest BCUT2D eigenvalue weighted by molar-refractivity contribution is 5.97. The molecule has 0 aromatic heterocycles. The molecule has 3 amide bonds. The van der Waals surface area contributed by atoms with Crippen LogP contribution in [0.15, 0.2) is 48.5 Å². The van der Waals surface area contributed by atoms with Crippen LogP contribution in [-0.4, -0.2) is 18.5 Å². The molecule has 0 spiro atoms. The quantitative estimate of drug-likeness (QED) is 0.793. The van der Waals surface area contributed by atoms with Crippen LogP contribution in [0.25, 0.3) is 0 Å². The van der Waals surface area contributed by atoms with E-state index in [1.165, 1.54) is 18.2 Å². The molecular weight excluding hydrogens is 297 g/mol. The van der Waals surface area contributed by atoms with Crippen molar-refractivity contribution in [3.63, 3.8) is 0 Å². The maximum Gasteiger partial charge on any atom is 0.319 e. The summed E-state index contributed by atoms with van der Waals surface area (Å²) in [5, 5.41) is 7.66. The van der Waals surface area contributed by atoms with Gasteiger partial charge in [-0.2, -0.15) is 0 Å². The predicted molar refractivity (Wildman–Crippen MR) is 87.9 cm³/mol. The van der Waals surface area contributed by atoms with Gasteiger partial charge in [0.05, 0.1) is 6.54 Å². The van der Waals surface area contributed by atoms with Crippen molar-refractivity contribution in [2.75, 3.05) is 17.2 Å². The number of urea groups is 1. The van der Waals surface area contributed by atoms with Gasteiger partial charge in [-0.3, -0.25) is 4.79 Å². The van der Waals surface area contributed by atoms with Crippen LogP contribution in [0.4, 0.5) is 20.6 Å². The van der Waals surface area contributed by atoms with Gasteiger partial charge in [-0.1, -0.05) is 31.2 Å². The topological polar surface area (TPSA) is 70.2 Å². The minimum Gasteiger partial charge on any atom is -0.329 e. The summed E-state index contributed by atoms with van der Waals surface area (Å²) in [4.78, 5) is 23.6. The molecule has 0 radical (unpaired) electrons. The average Bonchev–Trinajstić information content (AvgIpc) is 2.53. The van der Waals surface area contributed by atoms with Crippen molar-refractivity contribution in [2.45, 2.75) is 13.3 Å². The van der Waals surface area contributed by atoms with Crippen LogP contribution < -0.4 is 16.0 Å².